The number of nitrogens with zero attached hydrogens (tertiary/aromatic N) is 5. The van der Waals surface area contributed by atoms with E-state index in [4.69, 9.17) is 15.5 Å². The van der Waals surface area contributed by atoms with Crippen molar-refractivity contribution in [2.75, 3.05) is 24.6 Å². The SMILES string of the molecule is CC1(C)C[C@@H](CCCN)CN1c1nc(-n2ccc(OCCC3C4(CC4)C34CC4)n2)ccc1C(=O)NS(=O)(=O)c1cccc(F)n1. The zero-order valence-corrected chi connectivity index (χ0v) is 26.5. The lowest BCUT2D eigenvalue weighted by molar-refractivity contribution is 0.0981. The van der Waals surface area contributed by atoms with E-state index in [2.05, 4.69) is 33.6 Å². The lowest BCUT2D eigenvalue weighted by atomic mass is 9.93. The first-order valence-corrected chi connectivity index (χ1v) is 17.3. The second-order valence-corrected chi connectivity index (χ2v) is 15.4. The highest BCUT2D eigenvalue weighted by Gasteiger charge is 2.85. The molecule has 3 aromatic heterocycles. The van der Waals surface area contributed by atoms with Crippen molar-refractivity contribution in [1.82, 2.24) is 24.5 Å². The number of carbonyl (C=O) groups excluding carboxylic acids is 1. The van der Waals surface area contributed by atoms with Crippen molar-refractivity contribution in [1.29, 1.82) is 0 Å². The number of aromatic nitrogens is 4. The van der Waals surface area contributed by atoms with Crippen molar-refractivity contribution in [3.8, 4) is 11.7 Å². The van der Waals surface area contributed by atoms with Gasteiger partial charge in [0.2, 0.25) is 11.8 Å². The number of amides is 1. The van der Waals surface area contributed by atoms with E-state index in [1.807, 2.05) is 0 Å². The molecule has 3 N–H and O–H groups in total. The average molecular weight is 638 g/mol. The fourth-order valence-electron chi connectivity index (χ4n) is 8.23. The lowest BCUT2D eigenvalue weighted by Crippen LogP contribution is -2.41. The van der Waals surface area contributed by atoms with Gasteiger partial charge in [-0.25, -0.2) is 19.4 Å². The van der Waals surface area contributed by atoms with Crippen LogP contribution < -0.4 is 20.1 Å². The molecule has 1 saturated heterocycles. The van der Waals surface area contributed by atoms with Gasteiger partial charge in [-0.05, 0) is 119 Å². The molecule has 3 aromatic rings. The van der Waals surface area contributed by atoms with E-state index in [1.165, 1.54) is 31.7 Å². The summed E-state index contributed by atoms with van der Waals surface area (Å²) in [7, 11) is -4.44. The summed E-state index contributed by atoms with van der Waals surface area (Å²) in [6.07, 6.45) is 11.0. The standard InChI is InChI=1S/C32H40FN7O4S/c1-30(2)19-21(5-4-16-34)20-39(30)28-22(29(41)38-45(42,43)27-7-3-6-24(33)35-27)8-9-25(36-28)40-17-10-26(37-40)44-18-11-23-31(12-13-31)32(23)14-15-32/h3,6-10,17,21,23H,4-5,11-16,18-20,34H2,1-2H3,(H,38,41)/t21-/m1/s1. The second kappa shape index (κ2) is 10.8. The molecule has 7 rings (SSSR count). The maximum absolute atomic E-state index is 13.7. The number of nitrogens with two attached hydrogens (primary N) is 1. The van der Waals surface area contributed by atoms with Gasteiger partial charge in [0, 0.05) is 24.3 Å². The predicted molar refractivity (Wildman–Crippen MR) is 165 cm³/mol. The van der Waals surface area contributed by atoms with E-state index in [0.29, 0.717) is 54.0 Å². The van der Waals surface area contributed by atoms with Gasteiger partial charge in [0.25, 0.3) is 15.9 Å². The van der Waals surface area contributed by atoms with E-state index in [0.717, 1.165) is 43.7 Å². The number of pyridine rings is 2. The number of ether oxygens (including phenoxy) is 1. The maximum atomic E-state index is 13.7. The van der Waals surface area contributed by atoms with Crippen molar-refractivity contribution >= 4 is 21.7 Å². The average Bonchev–Trinajstić information content (AvgIpc) is 3.95. The Kier molecular flexibility index (Phi) is 7.19. The molecular weight excluding hydrogens is 597 g/mol. The first-order chi connectivity index (χ1) is 21.5. The van der Waals surface area contributed by atoms with Crippen LogP contribution in [0.5, 0.6) is 5.88 Å². The van der Waals surface area contributed by atoms with Crippen molar-refractivity contribution < 1.29 is 22.3 Å². The molecule has 0 unspecified atom stereocenters. The van der Waals surface area contributed by atoms with Crippen LogP contribution in [0.2, 0.25) is 0 Å². The second-order valence-electron chi connectivity index (χ2n) is 13.8. The van der Waals surface area contributed by atoms with Gasteiger partial charge in [-0.15, -0.1) is 5.10 Å². The Morgan fingerprint density at radius 3 is 2.53 bits per heavy atom. The van der Waals surface area contributed by atoms with Crippen LogP contribution in [0.15, 0.2) is 47.6 Å². The van der Waals surface area contributed by atoms with Crippen LogP contribution in [0.4, 0.5) is 10.2 Å². The van der Waals surface area contributed by atoms with Crippen molar-refractivity contribution in [3.05, 3.63) is 54.1 Å². The summed E-state index contributed by atoms with van der Waals surface area (Å²) >= 11 is 0. The fraction of sp³-hybridized carbons (Fsp3) is 0.562. The molecule has 1 amide bonds. The number of hydrogen-bond acceptors (Lipinski definition) is 9. The Hall–Kier alpha value is -3.58. The summed E-state index contributed by atoms with van der Waals surface area (Å²) in [5.74, 6) is 0.578. The van der Waals surface area contributed by atoms with Gasteiger partial charge in [0.1, 0.15) is 5.82 Å². The summed E-state index contributed by atoms with van der Waals surface area (Å²) in [6.45, 7) is 6.01. The summed E-state index contributed by atoms with van der Waals surface area (Å²) in [5.41, 5.74) is 6.76. The van der Waals surface area contributed by atoms with Crippen LogP contribution in [0.25, 0.3) is 5.82 Å². The summed E-state index contributed by atoms with van der Waals surface area (Å²) in [4.78, 5) is 23.9. The van der Waals surface area contributed by atoms with Gasteiger partial charge in [0.05, 0.1) is 12.2 Å². The highest BCUT2D eigenvalue weighted by Crippen LogP contribution is 2.93. The normalized spacial score (nSPS) is 22.1. The van der Waals surface area contributed by atoms with E-state index in [1.54, 1.807) is 29.1 Å². The molecule has 3 aliphatic carbocycles. The minimum absolute atomic E-state index is 0.0716. The molecule has 4 fully saturated rings. The molecule has 2 spiro atoms. The molecule has 0 radical (unpaired) electrons. The van der Waals surface area contributed by atoms with Crippen LogP contribution >= 0.6 is 0 Å². The monoisotopic (exact) mass is 637 g/mol. The molecule has 45 heavy (non-hydrogen) atoms. The lowest BCUT2D eigenvalue weighted by Gasteiger charge is -2.34. The molecular formula is C32H40FN7O4S. The minimum Gasteiger partial charge on any atom is -0.477 e. The van der Waals surface area contributed by atoms with Gasteiger partial charge in [-0.2, -0.15) is 12.8 Å². The first-order valence-electron chi connectivity index (χ1n) is 15.9. The molecule has 13 heteroatoms. The van der Waals surface area contributed by atoms with Gasteiger partial charge < -0.3 is 15.4 Å². The quantitative estimate of drug-likeness (QED) is 0.279. The van der Waals surface area contributed by atoms with Crippen LogP contribution in [-0.4, -0.2) is 59.3 Å². The van der Waals surface area contributed by atoms with Crippen LogP contribution in [0, 0.1) is 28.6 Å². The number of nitrogens with one attached hydrogen (secondary N) is 1. The number of anilines is 1. The number of rotatable bonds is 12. The first kappa shape index (κ1) is 30.1. The molecule has 240 valence electrons. The Balaban J connectivity index is 1.13. The molecule has 11 nitrogen and oxygen atoms in total. The molecule has 1 atom stereocenters. The van der Waals surface area contributed by atoms with Crippen LogP contribution in [0.3, 0.4) is 0 Å². The van der Waals surface area contributed by atoms with E-state index in [-0.39, 0.29) is 11.1 Å². The Labute approximate surface area is 262 Å². The largest absolute Gasteiger partial charge is 0.477 e. The fourth-order valence-corrected chi connectivity index (χ4v) is 9.15. The Morgan fingerprint density at radius 1 is 1.09 bits per heavy atom. The summed E-state index contributed by atoms with van der Waals surface area (Å²) in [6, 6.07) is 8.35. The van der Waals surface area contributed by atoms with Crippen molar-refractivity contribution in [3.63, 3.8) is 0 Å². The van der Waals surface area contributed by atoms with Gasteiger partial charge in [-0.3, -0.25) is 4.79 Å². The van der Waals surface area contributed by atoms with E-state index < -0.39 is 26.9 Å². The van der Waals surface area contributed by atoms with Crippen LogP contribution in [-0.2, 0) is 10.0 Å². The summed E-state index contributed by atoms with van der Waals surface area (Å²) < 4.78 is 49.3. The third kappa shape index (κ3) is 5.37. The number of hydrogen-bond donors (Lipinski definition) is 2. The Bertz CT molecular complexity index is 1720. The Morgan fingerprint density at radius 2 is 1.84 bits per heavy atom. The third-order valence-electron chi connectivity index (χ3n) is 10.6. The molecule has 4 heterocycles. The highest BCUT2D eigenvalue weighted by molar-refractivity contribution is 7.90. The van der Waals surface area contributed by atoms with Gasteiger partial charge in [-0.1, -0.05) is 6.07 Å². The number of carbonyl (C=O) groups is 1. The molecule has 3 saturated carbocycles. The smallest absolute Gasteiger partial charge is 0.281 e. The van der Waals surface area contributed by atoms with Gasteiger partial charge in [0.15, 0.2) is 10.8 Å². The van der Waals surface area contributed by atoms with Crippen molar-refractivity contribution in [2.45, 2.75) is 75.8 Å². The zero-order valence-electron chi connectivity index (χ0n) is 25.7. The van der Waals surface area contributed by atoms with Gasteiger partial charge >= 0.3 is 0 Å². The highest BCUT2D eigenvalue weighted by atomic mass is 32.2. The summed E-state index contributed by atoms with van der Waals surface area (Å²) in [5, 5.41) is 4.02. The zero-order chi connectivity index (χ0) is 31.6. The maximum Gasteiger partial charge on any atom is 0.281 e. The molecule has 1 aliphatic heterocycles. The molecule has 4 aliphatic rings. The topological polar surface area (TPSA) is 145 Å². The van der Waals surface area contributed by atoms with Crippen LogP contribution in [0.1, 0.15) is 75.6 Å². The number of sulfonamides is 1. The molecule has 0 aromatic carbocycles. The van der Waals surface area contributed by atoms with E-state index >= 15 is 0 Å². The van der Waals surface area contributed by atoms with Crippen molar-refractivity contribution in [2.24, 2.45) is 28.4 Å². The van der Waals surface area contributed by atoms with E-state index in [9.17, 15) is 17.6 Å². The number of halogens is 1. The third-order valence-corrected chi connectivity index (χ3v) is 11.8. The number of fused-ring (bicyclic) bond motifs is 1. The predicted octanol–water partition coefficient (Wildman–Crippen LogP) is 4.22. The molecule has 0 bridgehead atoms. The minimum atomic E-state index is -4.44.